The molecule has 0 aromatic heterocycles. The maximum absolute atomic E-state index is 9.52. The van der Waals surface area contributed by atoms with Gasteiger partial charge in [-0.05, 0) is 48.8 Å². The Kier molecular flexibility index (Phi) is 6.68. The summed E-state index contributed by atoms with van der Waals surface area (Å²) in [6.45, 7) is 7.50. The number of rotatable bonds is 7. The molecule has 4 heteroatoms. The van der Waals surface area contributed by atoms with E-state index in [1.807, 2.05) is 25.1 Å². The molecule has 0 heterocycles. The molecule has 2 N–H and O–H groups in total. The fourth-order valence-electron chi connectivity index (χ4n) is 1.51. The highest BCUT2D eigenvalue weighted by Gasteiger charge is 2.15. The van der Waals surface area contributed by atoms with Crippen LogP contribution in [-0.2, 0) is 6.54 Å². The van der Waals surface area contributed by atoms with E-state index in [0.29, 0.717) is 0 Å². The summed E-state index contributed by atoms with van der Waals surface area (Å²) in [6.07, 6.45) is 0.385. The SMILES string of the molecule is CCCNCc1cccc(Br)c1OC(C)C(C)O. The minimum absolute atomic E-state index is 0.228. The average Bonchev–Trinajstić information content (AvgIpc) is 2.33. The molecule has 0 amide bonds. The molecule has 0 aliphatic heterocycles. The van der Waals surface area contributed by atoms with E-state index in [1.165, 1.54) is 0 Å². The lowest BCUT2D eigenvalue weighted by atomic mass is 10.2. The lowest BCUT2D eigenvalue weighted by Crippen LogP contribution is -2.26. The topological polar surface area (TPSA) is 41.5 Å². The largest absolute Gasteiger partial charge is 0.487 e. The summed E-state index contributed by atoms with van der Waals surface area (Å²) in [4.78, 5) is 0. The summed E-state index contributed by atoms with van der Waals surface area (Å²) < 4.78 is 6.75. The van der Waals surface area contributed by atoms with Crippen LogP contribution in [0.15, 0.2) is 22.7 Å². The molecule has 0 spiro atoms. The van der Waals surface area contributed by atoms with Crippen LogP contribution in [0.25, 0.3) is 0 Å². The van der Waals surface area contributed by atoms with Crippen LogP contribution in [0.5, 0.6) is 5.75 Å². The molecular formula is C14H22BrNO2. The molecule has 1 rings (SSSR count). The second-order valence-corrected chi connectivity index (χ2v) is 5.32. The third-order valence-corrected chi connectivity index (χ3v) is 3.40. The van der Waals surface area contributed by atoms with E-state index in [0.717, 1.165) is 35.3 Å². The van der Waals surface area contributed by atoms with Crippen LogP contribution >= 0.6 is 15.9 Å². The van der Waals surface area contributed by atoms with Crippen molar-refractivity contribution >= 4 is 15.9 Å². The first-order chi connectivity index (χ1) is 8.56. The third-order valence-electron chi connectivity index (χ3n) is 2.77. The van der Waals surface area contributed by atoms with Gasteiger partial charge in [0.1, 0.15) is 11.9 Å². The van der Waals surface area contributed by atoms with Gasteiger partial charge in [-0.1, -0.05) is 19.1 Å². The monoisotopic (exact) mass is 315 g/mol. The predicted molar refractivity (Wildman–Crippen MR) is 77.9 cm³/mol. The number of aliphatic hydroxyl groups is 1. The van der Waals surface area contributed by atoms with Gasteiger partial charge in [-0.15, -0.1) is 0 Å². The van der Waals surface area contributed by atoms with Crippen molar-refractivity contribution in [3.05, 3.63) is 28.2 Å². The highest BCUT2D eigenvalue weighted by molar-refractivity contribution is 9.10. The van der Waals surface area contributed by atoms with Gasteiger partial charge in [-0.2, -0.15) is 0 Å². The zero-order valence-electron chi connectivity index (χ0n) is 11.2. The first-order valence-corrected chi connectivity index (χ1v) is 7.18. The molecule has 2 atom stereocenters. The van der Waals surface area contributed by atoms with Crippen molar-refractivity contribution in [2.24, 2.45) is 0 Å². The Balaban J connectivity index is 2.80. The maximum atomic E-state index is 9.52. The van der Waals surface area contributed by atoms with Gasteiger partial charge in [-0.3, -0.25) is 0 Å². The third kappa shape index (κ3) is 4.59. The molecule has 2 unspecified atom stereocenters. The molecule has 1 aromatic rings. The lowest BCUT2D eigenvalue weighted by molar-refractivity contribution is 0.0592. The number of hydrogen-bond acceptors (Lipinski definition) is 3. The summed E-state index contributed by atoms with van der Waals surface area (Å²) in [5.41, 5.74) is 1.10. The van der Waals surface area contributed by atoms with E-state index in [1.54, 1.807) is 6.92 Å². The van der Waals surface area contributed by atoms with Gasteiger partial charge in [0, 0.05) is 12.1 Å². The molecule has 0 aliphatic rings. The lowest BCUT2D eigenvalue weighted by Gasteiger charge is -2.21. The smallest absolute Gasteiger partial charge is 0.138 e. The number of ether oxygens (including phenoxy) is 1. The Bertz CT molecular complexity index is 369. The second kappa shape index (κ2) is 7.77. The highest BCUT2D eigenvalue weighted by atomic mass is 79.9. The number of para-hydroxylation sites is 1. The minimum atomic E-state index is -0.492. The van der Waals surface area contributed by atoms with Crippen LogP contribution in [0.4, 0.5) is 0 Å². The molecular weight excluding hydrogens is 294 g/mol. The summed E-state index contributed by atoms with van der Waals surface area (Å²) in [5.74, 6) is 0.814. The summed E-state index contributed by atoms with van der Waals surface area (Å²) in [5, 5.41) is 12.9. The number of nitrogens with one attached hydrogen (secondary N) is 1. The molecule has 3 nitrogen and oxygen atoms in total. The van der Waals surface area contributed by atoms with Crippen molar-refractivity contribution in [2.45, 2.75) is 45.9 Å². The first-order valence-electron chi connectivity index (χ1n) is 6.39. The molecule has 1 aromatic carbocycles. The van der Waals surface area contributed by atoms with Crippen molar-refractivity contribution in [1.82, 2.24) is 5.32 Å². The second-order valence-electron chi connectivity index (χ2n) is 4.47. The summed E-state index contributed by atoms with van der Waals surface area (Å²) >= 11 is 3.50. The van der Waals surface area contributed by atoms with Crippen LogP contribution in [0, 0.1) is 0 Å². The van der Waals surface area contributed by atoms with Crippen molar-refractivity contribution in [3.63, 3.8) is 0 Å². The molecule has 102 valence electrons. The maximum Gasteiger partial charge on any atom is 0.138 e. The van der Waals surface area contributed by atoms with Crippen LogP contribution in [0.3, 0.4) is 0 Å². The molecule has 0 radical (unpaired) electrons. The van der Waals surface area contributed by atoms with Crippen molar-refractivity contribution in [1.29, 1.82) is 0 Å². The van der Waals surface area contributed by atoms with E-state index in [9.17, 15) is 5.11 Å². The fraction of sp³-hybridized carbons (Fsp3) is 0.571. The quantitative estimate of drug-likeness (QED) is 0.760. The molecule has 0 bridgehead atoms. The zero-order valence-corrected chi connectivity index (χ0v) is 12.8. The Labute approximate surface area is 118 Å². The predicted octanol–water partition coefficient (Wildman–Crippen LogP) is 3.10. The Morgan fingerprint density at radius 3 is 2.72 bits per heavy atom. The van der Waals surface area contributed by atoms with Gasteiger partial charge in [0.05, 0.1) is 10.6 Å². The molecule has 0 saturated heterocycles. The van der Waals surface area contributed by atoms with Crippen LogP contribution in [0.1, 0.15) is 32.8 Å². The van der Waals surface area contributed by atoms with Gasteiger partial charge in [0.25, 0.3) is 0 Å². The summed E-state index contributed by atoms with van der Waals surface area (Å²) in [7, 11) is 0. The van der Waals surface area contributed by atoms with Gasteiger partial charge in [0.15, 0.2) is 0 Å². The Hall–Kier alpha value is -0.580. The van der Waals surface area contributed by atoms with Crippen LogP contribution < -0.4 is 10.1 Å². The van der Waals surface area contributed by atoms with Crippen molar-refractivity contribution in [3.8, 4) is 5.75 Å². The van der Waals surface area contributed by atoms with Gasteiger partial charge in [-0.25, -0.2) is 0 Å². The fourth-order valence-corrected chi connectivity index (χ4v) is 2.01. The first kappa shape index (κ1) is 15.5. The van der Waals surface area contributed by atoms with E-state index in [2.05, 4.69) is 28.2 Å². The van der Waals surface area contributed by atoms with Gasteiger partial charge >= 0.3 is 0 Å². The van der Waals surface area contributed by atoms with Crippen LogP contribution in [-0.4, -0.2) is 23.9 Å². The summed E-state index contributed by atoms with van der Waals surface area (Å²) in [6, 6.07) is 5.98. The molecule has 0 saturated carbocycles. The van der Waals surface area contributed by atoms with E-state index >= 15 is 0 Å². The normalized spacial score (nSPS) is 14.3. The standard InChI is InChI=1S/C14H22BrNO2/c1-4-8-16-9-12-6-5-7-13(15)14(12)18-11(3)10(2)17/h5-7,10-11,16-17H,4,8-9H2,1-3H3. The van der Waals surface area contributed by atoms with E-state index in [4.69, 9.17) is 4.74 Å². The number of aliphatic hydroxyl groups excluding tert-OH is 1. The average molecular weight is 316 g/mol. The van der Waals surface area contributed by atoms with Crippen LogP contribution in [0.2, 0.25) is 0 Å². The highest BCUT2D eigenvalue weighted by Crippen LogP contribution is 2.30. The van der Waals surface area contributed by atoms with E-state index in [-0.39, 0.29) is 6.10 Å². The zero-order chi connectivity index (χ0) is 13.5. The molecule has 18 heavy (non-hydrogen) atoms. The molecule has 0 fully saturated rings. The number of benzene rings is 1. The Morgan fingerprint density at radius 1 is 1.39 bits per heavy atom. The van der Waals surface area contributed by atoms with Gasteiger partial charge < -0.3 is 15.2 Å². The van der Waals surface area contributed by atoms with E-state index < -0.39 is 6.10 Å². The van der Waals surface area contributed by atoms with Crippen molar-refractivity contribution < 1.29 is 9.84 Å². The molecule has 0 aliphatic carbocycles. The van der Waals surface area contributed by atoms with Gasteiger partial charge in [0.2, 0.25) is 0 Å². The minimum Gasteiger partial charge on any atom is -0.487 e. The number of halogens is 1. The number of hydrogen-bond donors (Lipinski definition) is 2. The van der Waals surface area contributed by atoms with Crippen molar-refractivity contribution in [2.75, 3.05) is 6.54 Å². The Morgan fingerprint density at radius 2 is 2.11 bits per heavy atom.